The van der Waals surface area contributed by atoms with Crippen molar-refractivity contribution in [3.05, 3.63) is 35.4 Å². The number of hydrogen-bond acceptors (Lipinski definition) is 4. The number of rotatable bonds is 5. The zero-order valence-electron chi connectivity index (χ0n) is 8.88. The molecule has 0 saturated heterocycles. The Hall–Kier alpha value is -0.160. The van der Waals surface area contributed by atoms with E-state index in [9.17, 15) is 10.2 Å². The lowest BCUT2D eigenvalue weighted by Gasteiger charge is -2.16. The van der Waals surface area contributed by atoms with Gasteiger partial charge < -0.3 is 10.2 Å². The van der Waals surface area contributed by atoms with Crippen LogP contribution < -0.4 is 0 Å². The van der Waals surface area contributed by atoms with Gasteiger partial charge in [-0.25, -0.2) is 0 Å². The van der Waals surface area contributed by atoms with E-state index in [1.165, 1.54) is 0 Å². The highest BCUT2D eigenvalue weighted by Crippen LogP contribution is 2.39. The van der Waals surface area contributed by atoms with Crippen LogP contribution in [0.25, 0.3) is 0 Å². The van der Waals surface area contributed by atoms with Crippen LogP contribution in [0.15, 0.2) is 24.3 Å². The third kappa shape index (κ3) is 3.72. The van der Waals surface area contributed by atoms with Crippen LogP contribution in [0.3, 0.4) is 0 Å². The molecule has 4 heteroatoms. The van der Waals surface area contributed by atoms with Crippen molar-refractivity contribution >= 4 is 21.6 Å². The molecule has 1 rings (SSSR count). The molecule has 0 aliphatic rings. The van der Waals surface area contributed by atoms with Gasteiger partial charge in [0, 0.05) is 16.6 Å². The van der Waals surface area contributed by atoms with Crippen LogP contribution in [0.1, 0.15) is 36.5 Å². The summed E-state index contributed by atoms with van der Waals surface area (Å²) in [5, 5.41) is 18.7. The van der Waals surface area contributed by atoms with Crippen LogP contribution in [0, 0.1) is 0 Å². The third-order valence-electron chi connectivity index (χ3n) is 2.04. The average molecular weight is 244 g/mol. The fourth-order valence-electron chi connectivity index (χ4n) is 1.34. The molecule has 1 aromatic carbocycles. The summed E-state index contributed by atoms with van der Waals surface area (Å²) in [7, 11) is 3.54. The molecule has 0 amide bonds. The van der Waals surface area contributed by atoms with Crippen LogP contribution in [-0.2, 0) is 0 Å². The van der Waals surface area contributed by atoms with E-state index in [4.69, 9.17) is 0 Å². The quantitative estimate of drug-likeness (QED) is 0.617. The number of benzene rings is 1. The molecular weight excluding hydrogens is 228 g/mol. The minimum absolute atomic E-state index is 0.271. The first kappa shape index (κ1) is 12.9. The number of aliphatic hydroxyl groups excluding tert-OH is 1. The highest BCUT2D eigenvalue weighted by molar-refractivity contribution is 8.76. The van der Waals surface area contributed by atoms with Gasteiger partial charge in [-0.1, -0.05) is 52.8 Å². The fourth-order valence-corrected chi connectivity index (χ4v) is 3.33. The molecule has 0 saturated carbocycles. The molecule has 15 heavy (non-hydrogen) atoms. The van der Waals surface area contributed by atoms with Gasteiger partial charge in [0.1, 0.15) is 0 Å². The summed E-state index contributed by atoms with van der Waals surface area (Å²) in [6, 6.07) is 7.45. The highest BCUT2D eigenvalue weighted by atomic mass is 33.1. The van der Waals surface area contributed by atoms with Crippen LogP contribution in [0.5, 0.6) is 0 Å². The smallest absolute Gasteiger partial charge is 0.178 e. The van der Waals surface area contributed by atoms with Gasteiger partial charge in [0.05, 0.1) is 0 Å². The van der Waals surface area contributed by atoms with E-state index in [1.54, 1.807) is 27.7 Å². The molecule has 84 valence electrons. The predicted molar refractivity (Wildman–Crippen MR) is 67.8 cm³/mol. The summed E-state index contributed by atoms with van der Waals surface area (Å²) in [6.45, 7) is 4.19. The third-order valence-corrected chi connectivity index (χ3v) is 4.94. The first-order valence-corrected chi connectivity index (χ1v) is 7.28. The van der Waals surface area contributed by atoms with Crippen molar-refractivity contribution < 1.29 is 10.2 Å². The Morgan fingerprint density at radius 3 is 2.33 bits per heavy atom. The minimum Gasteiger partial charge on any atom is -0.364 e. The Morgan fingerprint density at radius 1 is 1.20 bits per heavy atom. The monoisotopic (exact) mass is 244 g/mol. The van der Waals surface area contributed by atoms with E-state index in [-0.39, 0.29) is 5.25 Å². The predicted octanol–water partition coefficient (Wildman–Crippen LogP) is 3.13. The van der Waals surface area contributed by atoms with Gasteiger partial charge in [-0.3, -0.25) is 0 Å². The lowest BCUT2D eigenvalue weighted by Crippen LogP contribution is -2.01. The topological polar surface area (TPSA) is 40.5 Å². The SMILES string of the molecule is CCSSC(C)c1ccccc1C(O)O. The molecule has 1 unspecified atom stereocenters. The standard InChI is InChI=1S/C11H16O2S2/c1-3-14-15-8(2)9-6-4-5-7-10(9)11(12)13/h4-8,11-13H,3H2,1-2H3. The van der Waals surface area contributed by atoms with Gasteiger partial charge >= 0.3 is 0 Å². The highest BCUT2D eigenvalue weighted by Gasteiger charge is 2.14. The maximum absolute atomic E-state index is 9.22. The lowest BCUT2D eigenvalue weighted by atomic mass is 10.0. The van der Waals surface area contributed by atoms with Crippen molar-refractivity contribution in [1.82, 2.24) is 0 Å². The lowest BCUT2D eigenvalue weighted by molar-refractivity contribution is -0.0431. The van der Waals surface area contributed by atoms with E-state index in [1.807, 2.05) is 18.2 Å². The Morgan fingerprint density at radius 2 is 1.80 bits per heavy atom. The van der Waals surface area contributed by atoms with Crippen molar-refractivity contribution in [2.24, 2.45) is 0 Å². The van der Waals surface area contributed by atoms with Crippen LogP contribution in [-0.4, -0.2) is 16.0 Å². The van der Waals surface area contributed by atoms with Crippen LogP contribution >= 0.6 is 21.6 Å². The first-order valence-electron chi connectivity index (χ1n) is 4.90. The number of aliphatic hydroxyl groups is 2. The van der Waals surface area contributed by atoms with E-state index < -0.39 is 6.29 Å². The zero-order valence-corrected chi connectivity index (χ0v) is 10.5. The van der Waals surface area contributed by atoms with Gasteiger partial charge in [0.25, 0.3) is 0 Å². The Labute approximate surface area is 98.5 Å². The second kappa shape index (κ2) is 6.43. The van der Waals surface area contributed by atoms with Gasteiger partial charge in [-0.05, 0) is 12.5 Å². The molecule has 0 aromatic heterocycles. The molecule has 0 radical (unpaired) electrons. The zero-order chi connectivity index (χ0) is 11.3. The average Bonchev–Trinajstić information content (AvgIpc) is 2.25. The summed E-state index contributed by atoms with van der Waals surface area (Å²) < 4.78 is 0. The Balaban J connectivity index is 2.82. The normalized spacial score (nSPS) is 13.1. The molecule has 0 bridgehead atoms. The van der Waals surface area contributed by atoms with Gasteiger partial charge in [0.2, 0.25) is 0 Å². The maximum atomic E-state index is 9.22. The second-order valence-electron chi connectivity index (χ2n) is 3.15. The summed E-state index contributed by atoms with van der Waals surface area (Å²) in [5.74, 6) is 1.05. The minimum atomic E-state index is -1.38. The van der Waals surface area contributed by atoms with Crippen molar-refractivity contribution in [3.8, 4) is 0 Å². The van der Waals surface area contributed by atoms with Crippen LogP contribution in [0.4, 0.5) is 0 Å². The first-order chi connectivity index (χ1) is 7.16. The molecule has 0 aliphatic heterocycles. The van der Waals surface area contributed by atoms with E-state index in [2.05, 4.69) is 13.8 Å². The van der Waals surface area contributed by atoms with Gasteiger partial charge in [0.15, 0.2) is 6.29 Å². The summed E-state index contributed by atoms with van der Waals surface area (Å²) in [5.41, 5.74) is 1.60. The van der Waals surface area contributed by atoms with Crippen LogP contribution in [0.2, 0.25) is 0 Å². The molecule has 0 heterocycles. The molecule has 0 fully saturated rings. The van der Waals surface area contributed by atoms with Gasteiger partial charge in [-0.2, -0.15) is 0 Å². The molecule has 1 atom stereocenters. The molecule has 0 spiro atoms. The molecule has 2 N–H and O–H groups in total. The maximum Gasteiger partial charge on any atom is 0.178 e. The molecule has 0 aliphatic carbocycles. The largest absolute Gasteiger partial charge is 0.364 e. The van der Waals surface area contributed by atoms with Crippen molar-refractivity contribution in [2.45, 2.75) is 25.4 Å². The van der Waals surface area contributed by atoms with Gasteiger partial charge in [-0.15, -0.1) is 0 Å². The van der Waals surface area contributed by atoms with E-state index in [0.717, 1.165) is 11.3 Å². The molecule has 1 aromatic rings. The second-order valence-corrected chi connectivity index (χ2v) is 6.14. The molecule has 2 nitrogen and oxygen atoms in total. The summed E-state index contributed by atoms with van der Waals surface area (Å²) in [4.78, 5) is 0. The van der Waals surface area contributed by atoms with E-state index in [0.29, 0.717) is 5.56 Å². The summed E-state index contributed by atoms with van der Waals surface area (Å²) in [6.07, 6.45) is -1.38. The van der Waals surface area contributed by atoms with Crippen molar-refractivity contribution in [1.29, 1.82) is 0 Å². The van der Waals surface area contributed by atoms with Crippen molar-refractivity contribution in [2.75, 3.05) is 5.75 Å². The van der Waals surface area contributed by atoms with Crippen molar-refractivity contribution in [3.63, 3.8) is 0 Å². The van der Waals surface area contributed by atoms with E-state index >= 15 is 0 Å². The number of hydrogen-bond donors (Lipinski definition) is 2. The Kier molecular flexibility index (Phi) is 5.53. The summed E-state index contributed by atoms with van der Waals surface area (Å²) >= 11 is 0. The molecular formula is C11H16O2S2. The Bertz CT molecular complexity index is 302. The fraction of sp³-hybridized carbons (Fsp3) is 0.455.